The second-order valence-corrected chi connectivity index (χ2v) is 6.33. The number of benzene rings is 2. The van der Waals surface area contributed by atoms with E-state index in [9.17, 15) is 9.59 Å². The fourth-order valence-corrected chi connectivity index (χ4v) is 2.97. The Bertz CT molecular complexity index is 896. The zero-order chi connectivity index (χ0) is 18.4. The van der Waals surface area contributed by atoms with E-state index in [0.717, 1.165) is 11.4 Å². The van der Waals surface area contributed by atoms with Crippen LogP contribution in [0.4, 0.5) is 10.5 Å². The van der Waals surface area contributed by atoms with Crippen LogP contribution < -0.4 is 10.6 Å². The molecule has 0 saturated heterocycles. The van der Waals surface area contributed by atoms with Crippen molar-refractivity contribution >= 4 is 29.4 Å². The molecule has 0 aliphatic rings. The van der Waals surface area contributed by atoms with Gasteiger partial charge in [-0.15, -0.1) is 10.2 Å². The largest absolute Gasteiger partial charge is 0.325 e. The number of nitrogens with zero attached hydrogens (tertiary/aromatic N) is 3. The molecule has 0 atom stereocenters. The Morgan fingerprint density at radius 2 is 1.65 bits per heavy atom. The first-order valence-corrected chi connectivity index (χ1v) is 8.85. The van der Waals surface area contributed by atoms with E-state index in [0.29, 0.717) is 10.8 Å². The first kappa shape index (κ1) is 17.7. The fourth-order valence-electron chi connectivity index (χ4n) is 2.26. The van der Waals surface area contributed by atoms with Gasteiger partial charge in [-0.25, -0.2) is 4.79 Å². The van der Waals surface area contributed by atoms with Crippen molar-refractivity contribution in [3.8, 4) is 11.4 Å². The summed E-state index contributed by atoms with van der Waals surface area (Å²) in [5.74, 6) is 0.367. The number of rotatable bonds is 5. The Morgan fingerprint density at radius 1 is 1.00 bits per heavy atom. The van der Waals surface area contributed by atoms with Crippen LogP contribution in [0.5, 0.6) is 0 Å². The third-order valence-electron chi connectivity index (χ3n) is 3.48. The summed E-state index contributed by atoms with van der Waals surface area (Å²) in [6.07, 6.45) is 0. The Hall–Kier alpha value is -3.13. The third kappa shape index (κ3) is 4.48. The Labute approximate surface area is 154 Å². The van der Waals surface area contributed by atoms with Crippen molar-refractivity contribution in [1.82, 2.24) is 20.1 Å². The van der Waals surface area contributed by atoms with Gasteiger partial charge in [0, 0.05) is 18.3 Å². The van der Waals surface area contributed by atoms with E-state index >= 15 is 0 Å². The van der Waals surface area contributed by atoms with Gasteiger partial charge < -0.3 is 9.88 Å². The lowest BCUT2D eigenvalue weighted by Crippen LogP contribution is -2.35. The van der Waals surface area contributed by atoms with Gasteiger partial charge in [0.05, 0.1) is 5.75 Å². The molecule has 0 bridgehead atoms. The molecule has 132 valence electrons. The molecule has 0 spiro atoms. The van der Waals surface area contributed by atoms with Crippen molar-refractivity contribution in [2.24, 2.45) is 7.05 Å². The number of imide groups is 1. The van der Waals surface area contributed by atoms with Crippen LogP contribution in [0.1, 0.15) is 0 Å². The second kappa shape index (κ2) is 8.30. The molecule has 2 aromatic carbocycles. The summed E-state index contributed by atoms with van der Waals surface area (Å²) in [7, 11) is 1.84. The van der Waals surface area contributed by atoms with Gasteiger partial charge in [0.2, 0.25) is 5.91 Å². The van der Waals surface area contributed by atoms with Gasteiger partial charge in [0.15, 0.2) is 11.0 Å². The van der Waals surface area contributed by atoms with Crippen molar-refractivity contribution in [2.45, 2.75) is 5.16 Å². The highest BCUT2D eigenvalue weighted by Crippen LogP contribution is 2.22. The number of carbonyl (C=O) groups is 2. The number of carbonyl (C=O) groups excluding carboxylic acids is 2. The highest BCUT2D eigenvalue weighted by Gasteiger charge is 2.14. The molecule has 0 fully saturated rings. The minimum Gasteiger partial charge on any atom is -0.308 e. The van der Waals surface area contributed by atoms with Crippen LogP contribution in [0.15, 0.2) is 65.8 Å². The normalized spacial score (nSPS) is 10.3. The molecule has 3 aromatic rings. The number of urea groups is 1. The highest BCUT2D eigenvalue weighted by atomic mass is 32.2. The summed E-state index contributed by atoms with van der Waals surface area (Å²) in [6.45, 7) is 0. The van der Waals surface area contributed by atoms with Gasteiger partial charge in [0.25, 0.3) is 0 Å². The molecular weight excluding hydrogens is 350 g/mol. The molecule has 26 heavy (non-hydrogen) atoms. The van der Waals surface area contributed by atoms with Gasteiger partial charge in [0.1, 0.15) is 0 Å². The number of nitrogens with one attached hydrogen (secondary N) is 2. The average Bonchev–Trinajstić information content (AvgIpc) is 3.02. The summed E-state index contributed by atoms with van der Waals surface area (Å²) in [6, 6.07) is 18.0. The van der Waals surface area contributed by atoms with E-state index in [-0.39, 0.29) is 5.75 Å². The topological polar surface area (TPSA) is 88.9 Å². The summed E-state index contributed by atoms with van der Waals surface area (Å²) in [4.78, 5) is 23.8. The molecular formula is C18H17N5O2S. The van der Waals surface area contributed by atoms with E-state index in [1.54, 1.807) is 24.3 Å². The molecule has 3 amide bonds. The molecule has 0 radical (unpaired) electrons. The van der Waals surface area contributed by atoms with Crippen molar-refractivity contribution in [2.75, 3.05) is 11.1 Å². The number of anilines is 1. The van der Waals surface area contributed by atoms with E-state index in [1.807, 2.05) is 48.0 Å². The van der Waals surface area contributed by atoms with Crippen molar-refractivity contribution < 1.29 is 9.59 Å². The fraction of sp³-hybridized carbons (Fsp3) is 0.111. The highest BCUT2D eigenvalue weighted by molar-refractivity contribution is 7.99. The maximum atomic E-state index is 12.0. The first-order valence-electron chi connectivity index (χ1n) is 7.87. The van der Waals surface area contributed by atoms with Gasteiger partial charge >= 0.3 is 6.03 Å². The molecule has 2 N–H and O–H groups in total. The third-order valence-corrected chi connectivity index (χ3v) is 4.50. The van der Waals surface area contributed by atoms with Crippen molar-refractivity contribution in [1.29, 1.82) is 0 Å². The number of thioether (sulfide) groups is 1. The SMILES string of the molecule is Cn1c(SCC(=O)NC(=O)Nc2ccccc2)nnc1-c1ccccc1. The van der Waals surface area contributed by atoms with Crippen LogP contribution in [0, 0.1) is 0 Å². The van der Waals surface area contributed by atoms with Crippen molar-refractivity contribution in [3.63, 3.8) is 0 Å². The lowest BCUT2D eigenvalue weighted by atomic mass is 10.2. The zero-order valence-electron chi connectivity index (χ0n) is 14.0. The molecule has 0 aliphatic heterocycles. The summed E-state index contributed by atoms with van der Waals surface area (Å²) in [5, 5.41) is 13.8. The molecule has 0 saturated carbocycles. The van der Waals surface area contributed by atoms with Crippen LogP contribution >= 0.6 is 11.8 Å². The van der Waals surface area contributed by atoms with Crippen LogP contribution in [0.2, 0.25) is 0 Å². The number of hydrogen-bond acceptors (Lipinski definition) is 5. The summed E-state index contributed by atoms with van der Waals surface area (Å²) < 4.78 is 1.82. The summed E-state index contributed by atoms with van der Waals surface area (Å²) in [5.41, 5.74) is 1.56. The van der Waals surface area contributed by atoms with E-state index in [4.69, 9.17) is 0 Å². The molecule has 7 nitrogen and oxygen atoms in total. The number of hydrogen-bond donors (Lipinski definition) is 2. The predicted octanol–water partition coefficient (Wildman–Crippen LogP) is 2.92. The van der Waals surface area contributed by atoms with Gasteiger partial charge in [-0.05, 0) is 12.1 Å². The standard InChI is InChI=1S/C18H17N5O2S/c1-23-16(13-8-4-2-5-9-13)21-22-18(23)26-12-15(24)20-17(25)19-14-10-6-3-7-11-14/h2-11H,12H2,1H3,(H2,19,20,24,25). The maximum absolute atomic E-state index is 12.0. The average molecular weight is 367 g/mol. The Kier molecular flexibility index (Phi) is 5.65. The quantitative estimate of drug-likeness (QED) is 0.677. The van der Waals surface area contributed by atoms with Crippen LogP contribution in [0.3, 0.4) is 0 Å². The van der Waals surface area contributed by atoms with Crippen LogP contribution in [0.25, 0.3) is 11.4 Å². The lowest BCUT2D eigenvalue weighted by molar-refractivity contribution is -0.117. The van der Waals surface area contributed by atoms with Gasteiger partial charge in [-0.1, -0.05) is 60.3 Å². The molecule has 1 heterocycles. The van der Waals surface area contributed by atoms with Crippen LogP contribution in [-0.2, 0) is 11.8 Å². The molecule has 1 aromatic heterocycles. The Morgan fingerprint density at radius 3 is 2.35 bits per heavy atom. The lowest BCUT2D eigenvalue weighted by Gasteiger charge is -2.06. The Balaban J connectivity index is 1.53. The summed E-state index contributed by atoms with van der Waals surface area (Å²) >= 11 is 1.22. The predicted molar refractivity (Wildman–Crippen MR) is 101 cm³/mol. The molecule has 8 heteroatoms. The minimum atomic E-state index is -0.565. The van der Waals surface area contributed by atoms with Gasteiger partial charge in [-0.3, -0.25) is 10.1 Å². The minimum absolute atomic E-state index is 0.0585. The first-order chi connectivity index (χ1) is 12.6. The number of aromatic nitrogens is 3. The zero-order valence-corrected chi connectivity index (χ0v) is 14.9. The van der Waals surface area contributed by atoms with Crippen molar-refractivity contribution in [3.05, 3.63) is 60.7 Å². The van der Waals surface area contributed by atoms with Gasteiger partial charge in [-0.2, -0.15) is 0 Å². The maximum Gasteiger partial charge on any atom is 0.325 e. The molecule has 0 aliphatic carbocycles. The smallest absolute Gasteiger partial charge is 0.308 e. The van der Waals surface area contributed by atoms with E-state index < -0.39 is 11.9 Å². The van der Waals surface area contributed by atoms with E-state index in [1.165, 1.54) is 11.8 Å². The molecule has 0 unspecified atom stereocenters. The monoisotopic (exact) mass is 367 g/mol. The second-order valence-electron chi connectivity index (χ2n) is 5.39. The van der Waals surface area contributed by atoms with E-state index in [2.05, 4.69) is 20.8 Å². The number of amides is 3. The number of para-hydroxylation sites is 1. The molecule has 3 rings (SSSR count). The van der Waals surface area contributed by atoms with Crippen LogP contribution in [-0.4, -0.2) is 32.5 Å².